The molecule has 0 aliphatic heterocycles. The maximum absolute atomic E-state index is 9.43. The van der Waals surface area contributed by atoms with Gasteiger partial charge in [-0.15, -0.1) is 0 Å². The molecule has 0 radical (unpaired) electrons. The van der Waals surface area contributed by atoms with Gasteiger partial charge in [0.25, 0.3) is 0 Å². The molecule has 0 aromatic heterocycles. The highest BCUT2D eigenvalue weighted by atomic mass is 79.9. The molecule has 0 atom stereocenters. The van der Waals surface area contributed by atoms with Gasteiger partial charge in [-0.1, -0.05) is 35.4 Å². The average Bonchev–Trinajstić information content (AvgIpc) is 2.36. The molecule has 2 aromatic rings. The van der Waals surface area contributed by atoms with E-state index in [9.17, 15) is 10.0 Å². The molecule has 20 heavy (non-hydrogen) atoms. The van der Waals surface area contributed by atoms with Crippen LogP contribution < -0.4 is 10.2 Å². The minimum Gasteiger partial charge on any atom is -0.488 e. The van der Waals surface area contributed by atoms with Gasteiger partial charge in [-0.05, 0) is 46.6 Å². The smallest absolute Gasteiger partial charge is 0.488 e. The summed E-state index contributed by atoms with van der Waals surface area (Å²) in [6.07, 6.45) is 0. The molecule has 0 saturated carbocycles. The molecular weight excluding hydrogens is 342 g/mol. The molecule has 0 bridgehead atoms. The Morgan fingerprint density at radius 2 is 2.00 bits per heavy atom. The monoisotopic (exact) mass is 354 g/mol. The summed E-state index contributed by atoms with van der Waals surface area (Å²) in [5, 5.41) is 19.5. The van der Waals surface area contributed by atoms with Crippen LogP contribution in [0.2, 0.25) is 5.02 Å². The van der Waals surface area contributed by atoms with E-state index >= 15 is 0 Å². The highest BCUT2D eigenvalue weighted by Crippen LogP contribution is 2.25. The van der Waals surface area contributed by atoms with E-state index in [4.69, 9.17) is 16.3 Å². The quantitative estimate of drug-likeness (QED) is 0.829. The molecule has 2 aromatic carbocycles. The molecule has 104 valence electrons. The van der Waals surface area contributed by atoms with Crippen molar-refractivity contribution in [1.82, 2.24) is 0 Å². The van der Waals surface area contributed by atoms with Crippen LogP contribution in [0.3, 0.4) is 0 Å². The summed E-state index contributed by atoms with van der Waals surface area (Å²) in [5.41, 5.74) is 2.15. The fourth-order valence-electron chi connectivity index (χ4n) is 1.88. The highest BCUT2D eigenvalue weighted by molar-refractivity contribution is 9.10. The molecule has 0 aliphatic carbocycles. The largest absolute Gasteiger partial charge is 0.492 e. The van der Waals surface area contributed by atoms with Crippen LogP contribution in [0.4, 0.5) is 0 Å². The van der Waals surface area contributed by atoms with E-state index in [-0.39, 0.29) is 0 Å². The fraction of sp³-hybridized carbons (Fsp3) is 0.143. The number of hydrogen-bond acceptors (Lipinski definition) is 3. The van der Waals surface area contributed by atoms with Crippen molar-refractivity contribution in [3.63, 3.8) is 0 Å². The van der Waals surface area contributed by atoms with Crippen molar-refractivity contribution in [2.75, 3.05) is 0 Å². The van der Waals surface area contributed by atoms with Crippen LogP contribution in [0.5, 0.6) is 5.75 Å². The van der Waals surface area contributed by atoms with Gasteiger partial charge in [0.1, 0.15) is 12.4 Å². The molecule has 0 heterocycles. The fourth-order valence-corrected chi connectivity index (χ4v) is 2.80. The Labute approximate surface area is 131 Å². The Bertz CT molecular complexity index is 619. The molecule has 6 heteroatoms. The third-order valence-corrected chi connectivity index (χ3v) is 3.59. The second-order valence-electron chi connectivity index (χ2n) is 4.46. The number of halogens is 2. The second-order valence-corrected chi connectivity index (χ2v) is 5.75. The van der Waals surface area contributed by atoms with E-state index in [0.29, 0.717) is 27.3 Å². The first kappa shape index (κ1) is 15.4. The van der Waals surface area contributed by atoms with Crippen molar-refractivity contribution in [1.29, 1.82) is 0 Å². The Kier molecular flexibility index (Phi) is 5.10. The van der Waals surface area contributed by atoms with Crippen molar-refractivity contribution in [2.24, 2.45) is 0 Å². The van der Waals surface area contributed by atoms with E-state index in [1.165, 1.54) is 0 Å². The van der Waals surface area contributed by atoms with Crippen LogP contribution in [0.15, 0.2) is 40.9 Å². The van der Waals surface area contributed by atoms with Gasteiger partial charge >= 0.3 is 7.12 Å². The Hall–Kier alpha value is -1.01. The molecular formula is C14H13BBrClO3. The lowest BCUT2D eigenvalue weighted by Gasteiger charge is -2.14. The highest BCUT2D eigenvalue weighted by Gasteiger charge is 2.20. The summed E-state index contributed by atoms with van der Waals surface area (Å²) < 4.78 is 6.38. The van der Waals surface area contributed by atoms with E-state index in [2.05, 4.69) is 15.9 Å². The van der Waals surface area contributed by atoms with Crippen LogP contribution >= 0.6 is 27.5 Å². The second kappa shape index (κ2) is 6.63. The molecule has 0 unspecified atom stereocenters. The lowest BCUT2D eigenvalue weighted by atomic mass is 9.79. The van der Waals surface area contributed by atoms with Crippen LogP contribution in [-0.2, 0) is 6.61 Å². The lowest BCUT2D eigenvalue weighted by Crippen LogP contribution is -2.32. The summed E-state index contributed by atoms with van der Waals surface area (Å²) in [7, 11) is -1.58. The first-order valence-corrected chi connectivity index (χ1v) is 7.18. The summed E-state index contributed by atoms with van der Waals surface area (Å²) in [4.78, 5) is 0. The first-order chi connectivity index (χ1) is 9.47. The normalized spacial score (nSPS) is 10.4. The predicted octanol–water partition coefficient (Wildman–Crippen LogP) is 2.67. The van der Waals surface area contributed by atoms with Crippen molar-refractivity contribution in [2.45, 2.75) is 13.5 Å². The third-order valence-electron chi connectivity index (χ3n) is 2.77. The maximum Gasteiger partial charge on any atom is 0.492 e. The zero-order chi connectivity index (χ0) is 14.7. The predicted molar refractivity (Wildman–Crippen MR) is 84.5 cm³/mol. The van der Waals surface area contributed by atoms with E-state index in [1.807, 2.05) is 25.1 Å². The van der Waals surface area contributed by atoms with Gasteiger partial charge in [-0.3, -0.25) is 0 Å². The molecule has 0 aliphatic rings. The zero-order valence-electron chi connectivity index (χ0n) is 10.8. The Balaban J connectivity index is 2.25. The molecule has 0 saturated heterocycles. The van der Waals surface area contributed by atoms with Crippen molar-refractivity contribution in [3.8, 4) is 5.75 Å². The third kappa shape index (κ3) is 3.76. The molecule has 0 spiro atoms. The van der Waals surface area contributed by atoms with Crippen molar-refractivity contribution < 1.29 is 14.8 Å². The van der Waals surface area contributed by atoms with E-state index in [1.54, 1.807) is 18.2 Å². The maximum atomic E-state index is 9.43. The number of rotatable bonds is 4. The standard InChI is InChI=1S/C14H13BBrClO3/c1-9-5-12(15(18)19)14(13(16)6-9)20-8-10-3-2-4-11(17)7-10/h2-7,18-19H,8H2,1H3. The van der Waals surface area contributed by atoms with Crippen LogP contribution in [0, 0.1) is 6.92 Å². The number of hydrogen-bond donors (Lipinski definition) is 2. The van der Waals surface area contributed by atoms with Crippen LogP contribution in [-0.4, -0.2) is 17.2 Å². The first-order valence-electron chi connectivity index (χ1n) is 6.01. The van der Waals surface area contributed by atoms with E-state index < -0.39 is 7.12 Å². The van der Waals surface area contributed by atoms with E-state index in [0.717, 1.165) is 11.1 Å². The molecule has 2 N–H and O–H groups in total. The number of ether oxygens (including phenoxy) is 1. The Morgan fingerprint density at radius 3 is 2.65 bits per heavy atom. The van der Waals surface area contributed by atoms with Gasteiger partial charge in [0.05, 0.1) is 4.47 Å². The van der Waals surface area contributed by atoms with Crippen molar-refractivity contribution >= 4 is 40.1 Å². The topological polar surface area (TPSA) is 49.7 Å². The van der Waals surface area contributed by atoms with Crippen molar-refractivity contribution in [3.05, 3.63) is 57.0 Å². The van der Waals surface area contributed by atoms with Gasteiger partial charge in [0.15, 0.2) is 0 Å². The number of benzene rings is 2. The van der Waals surface area contributed by atoms with Gasteiger partial charge in [0, 0.05) is 10.5 Å². The van der Waals surface area contributed by atoms with Crippen LogP contribution in [0.25, 0.3) is 0 Å². The van der Waals surface area contributed by atoms with Gasteiger partial charge in [0.2, 0.25) is 0 Å². The van der Waals surface area contributed by atoms with Gasteiger partial charge in [-0.25, -0.2) is 0 Å². The molecule has 2 rings (SSSR count). The van der Waals surface area contributed by atoms with Gasteiger partial charge in [-0.2, -0.15) is 0 Å². The Morgan fingerprint density at radius 1 is 1.25 bits per heavy atom. The molecule has 0 amide bonds. The van der Waals surface area contributed by atoms with Gasteiger partial charge < -0.3 is 14.8 Å². The number of aryl methyl sites for hydroxylation is 1. The summed E-state index contributed by atoms with van der Waals surface area (Å²) >= 11 is 9.30. The molecule has 3 nitrogen and oxygen atoms in total. The van der Waals surface area contributed by atoms with Crippen LogP contribution in [0.1, 0.15) is 11.1 Å². The molecule has 0 fully saturated rings. The minimum atomic E-state index is -1.58. The average molecular weight is 355 g/mol. The summed E-state index contributed by atoms with van der Waals surface area (Å²) in [6, 6.07) is 10.9. The minimum absolute atomic E-state index is 0.294. The summed E-state index contributed by atoms with van der Waals surface area (Å²) in [5.74, 6) is 0.422. The lowest BCUT2D eigenvalue weighted by molar-refractivity contribution is 0.304. The summed E-state index contributed by atoms with van der Waals surface area (Å²) in [6.45, 7) is 2.17. The SMILES string of the molecule is Cc1cc(Br)c(OCc2cccc(Cl)c2)c(B(O)O)c1. The zero-order valence-corrected chi connectivity index (χ0v) is 13.1.